The van der Waals surface area contributed by atoms with Gasteiger partial charge in [0.2, 0.25) is 5.95 Å². The van der Waals surface area contributed by atoms with Crippen molar-refractivity contribution in [3.63, 3.8) is 0 Å². The second-order valence-corrected chi connectivity index (χ2v) is 5.04. The maximum atomic E-state index is 12.0. The molecule has 0 fully saturated rings. The molecule has 0 aliphatic rings. The number of aromatic amines is 1. The molecule has 0 aliphatic carbocycles. The Morgan fingerprint density at radius 2 is 2.17 bits per heavy atom. The highest BCUT2D eigenvalue weighted by atomic mass is 16.1. The Morgan fingerprint density at radius 3 is 2.72 bits per heavy atom. The van der Waals surface area contributed by atoms with Crippen molar-refractivity contribution in [2.45, 2.75) is 26.4 Å². The van der Waals surface area contributed by atoms with Crippen molar-refractivity contribution in [1.29, 1.82) is 0 Å². The standard InChI is InChI=1S/C12H19N5O/c1-7(2)17-6-8(5-16(3)4)9-10(17)14-12(13)15-11(9)18/h6-7H,5H2,1-4H3,(H3,13,14,15,18). The number of nitrogen functional groups attached to an aromatic ring is 1. The lowest BCUT2D eigenvalue weighted by Gasteiger charge is -2.08. The third-order valence-corrected chi connectivity index (χ3v) is 2.82. The number of nitrogens with two attached hydrogens (primary N) is 1. The first-order valence-electron chi connectivity index (χ1n) is 5.94. The van der Waals surface area contributed by atoms with Crippen LogP contribution in [0.2, 0.25) is 0 Å². The number of hydrogen-bond acceptors (Lipinski definition) is 4. The summed E-state index contributed by atoms with van der Waals surface area (Å²) >= 11 is 0. The molecular weight excluding hydrogens is 230 g/mol. The Kier molecular flexibility index (Phi) is 3.13. The zero-order chi connectivity index (χ0) is 13.4. The first-order chi connectivity index (χ1) is 8.40. The Morgan fingerprint density at radius 1 is 1.50 bits per heavy atom. The summed E-state index contributed by atoms with van der Waals surface area (Å²) in [5.74, 6) is 0.156. The van der Waals surface area contributed by atoms with Crippen molar-refractivity contribution in [2.24, 2.45) is 0 Å². The van der Waals surface area contributed by atoms with Gasteiger partial charge in [-0.15, -0.1) is 0 Å². The van der Waals surface area contributed by atoms with Crippen molar-refractivity contribution < 1.29 is 0 Å². The quantitative estimate of drug-likeness (QED) is 0.848. The lowest BCUT2D eigenvalue weighted by Crippen LogP contribution is -2.15. The summed E-state index contributed by atoms with van der Waals surface area (Å²) < 4.78 is 1.99. The van der Waals surface area contributed by atoms with Gasteiger partial charge >= 0.3 is 0 Å². The van der Waals surface area contributed by atoms with E-state index < -0.39 is 0 Å². The molecule has 0 unspecified atom stereocenters. The van der Waals surface area contributed by atoms with Crippen LogP contribution in [-0.4, -0.2) is 33.5 Å². The summed E-state index contributed by atoms with van der Waals surface area (Å²) in [4.78, 5) is 20.9. The molecule has 2 aromatic rings. The average molecular weight is 249 g/mol. The Balaban J connectivity index is 2.76. The summed E-state index contributed by atoms with van der Waals surface area (Å²) in [6, 6.07) is 0.233. The van der Waals surface area contributed by atoms with Gasteiger partial charge in [0.05, 0.1) is 5.39 Å². The van der Waals surface area contributed by atoms with E-state index in [0.29, 0.717) is 17.6 Å². The molecule has 0 bridgehead atoms. The predicted molar refractivity (Wildman–Crippen MR) is 72.5 cm³/mol. The average Bonchev–Trinajstić information content (AvgIpc) is 2.55. The molecule has 0 amide bonds. The number of hydrogen-bond donors (Lipinski definition) is 2. The summed E-state index contributed by atoms with van der Waals surface area (Å²) in [6.45, 7) is 4.81. The molecular formula is C12H19N5O. The molecule has 0 atom stereocenters. The van der Waals surface area contributed by atoms with Gasteiger partial charge in [0.15, 0.2) is 0 Å². The van der Waals surface area contributed by atoms with Crippen LogP contribution >= 0.6 is 0 Å². The highest BCUT2D eigenvalue weighted by Crippen LogP contribution is 2.21. The Hall–Kier alpha value is -1.82. The summed E-state index contributed by atoms with van der Waals surface area (Å²) in [5, 5.41) is 0.631. The van der Waals surface area contributed by atoms with Gasteiger partial charge in [-0.25, -0.2) is 0 Å². The molecule has 2 heterocycles. The van der Waals surface area contributed by atoms with Crippen molar-refractivity contribution in [1.82, 2.24) is 19.4 Å². The predicted octanol–water partition coefficient (Wildman–Crippen LogP) is 0.949. The lowest BCUT2D eigenvalue weighted by atomic mass is 10.2. The first kappa shape index (κ1) is 12.6. The number of nitrogens with one attached hydrogen (secondary N) is 1. The number of aromatic nitrogens is 3. The van der Waals surface area contributed by atoms with Gasteiger partial charge in [-0.1, -0.05) is 0 Å². The third-order valence-electron chi connectivity index (χ3n) is 2.82. The van der Waals surface area contributed by atoms with E-state index in [1.54, 1.807) is 0 Å². The monoisotopic (exact) mass is 249 g/mol. The minimum absolute atomic E-state index is 0.156. The van der Waals surface area contributed by atoms with Gasteiger partial charge < -0.3 is 15.2 Å². The molecule has 0 aromatic carbocycles. The molecule has 6 heteroatoms. The fraction of sp³-hybridized carbons (Fsp3) is 0.500. The molecule has 0 radical (unpaired) electrons. The zero-order valence-corrected chi connectivity index (χ0v) is 11.2. The van der Waals surface area contributed by atoms with E-state index in [9.17, 15) is 4.79 Å². The normalized spacial score (nSPS) is 11.9. The van der Waals surface area contributed by atoms with Gasteiger partial charge in [-0.2, -0.15) is 4.98 Å². The van der Waals surface area contributed by atoms with Crippen LogP contribution in [0.1, 0.15) is 25.5 Å². The van der Waals surface area contributed by atoms with Crippen LogP contribution in [0.15, 0.2) is 11.0 Å². The van der Waals surface area contributed by atoms with Crippen molar-refractivity contribution >= 4 is 17.0 Å². The topological polar surface area (TPSA) is 79.9 Å². The molecule has 3 N–H and O–H groups in total. The van der Waals surface area contributed by atoms with Crippen molar-refractivity contribution in [3.05, 3.63) is 22.1 Å². The Bertz CT molecular complexity index is 623. The third kappa shape index (κ3) is 2.11. The highest BCUT2D eigenvalue weighted by molar-refractivity contribution is 5.80. The molecule has 0 spiro atoms. The van der Waals surface area contributed by atoms with Crippen LogP contribution in [0, 0.1) is 0 Å². The van der Waals surface area contributed by atoms with Crippen LogP contribution in [0.4, 0.5) is 5.95 Å². The molecule has 2 rings (SSSR count). The molecule has 2 aromatic heterocycles. The van der Waals surface area contributed by atoms with Gasteiger partial charge in [-0.05, 0) is 33.5 Å². The molecule has 6 nitrogen and oxygen atoms in total. The highest BCUT2D eigenvalue weighted by Gasteiger charge is 2.16. The number of fused-ring (bicyclic) bond motifs is 1. The van der Waals surface area contributed by atoms with Crippen LogP contribution in [0.3, 0.4) is 0 Å². The van der Waals surface area contributed by atoms with E-state index >= 15 is 0 Å². The van der Waals surface area contributed by atoms with Crippen LogP contribution in [-0.2, 0) is 6.54 Å². The van der Waals surface area contributed by atoms with Crippen molar-refractivity contribution in [2.75, 3.05) is 19.8 Å². The fourth-order valence-electron chi connectivity index (χ4n) is 2.10. The van der Waals surface area contributed by atoms with Crippen LogP contribution in [0.25, 0.3) is 11.0 Å². The first-order valence-corrected chi connectivity index (χ1v) is 5.94. The number of rotatable bonds is 3. The SMILES string of the molecule is CC(C)n1cc(CN(C)C)c2c(=O)[nH]c(N)nc21. The molecule has 0 aliphatic heterocycles. The Labute approximate surface area is 105 Å². The lowest BCUT2D eigenvalue weighted by molar-refractivity contribution is 0.403. The molecule has 0 saturated heterocycles. The van der Waals surface area contributed by atoms with Crippen LogP contribution in [0.5, 0.6) is 0 Å². The van der Waals surface area contributed by atoms with Gasteiger partial charge in [0, 0.05) is 18.8 Å². The maximum Gasteiger partial charge on any atom is 0.262 e. The van der Waals surface area contributed by atoms with Crippen molar-refractivity contribution in [3.8, 4) is 0 Å². The maximum absolute atomic E-state index is 12.0. The summed E-state index contributed by atoms with van der Waals surface area (Å²) in [7, 11) is 3.94. The molecule has 18 heavy (non-hydrogen) atoms. The second kappa shape index (κ2) is 4.45. The fourth-order valence-corrected chi connectivity index (χ4v) is 2.10. The van der Waals surface area contributed by atoms with E-state index in [2.05, 4.69) is 23.8 Å². The minimum atomic E-state index is -0.172. The minimum Gasteiger partial charge on any atom is -0.369 e. The molecule has 98 valence electrons. The van der Waals surface area contributed by atoms with E-state index in [-0.39, 0.29) is 17.5 Å². The van der Waals surface area contributed by atoms with Gasteiger partial charge in [0.25, 0.3) is 5.56 Å². The van der Waals surface area contributed by atoms with Gasteiger partial charge in [0.1, 0.15) is 5.65 Å². The summed E-state index contributed by atoms with van der Waals surface area (Å²) in [6.07, 6.45) is 1.98. The van der Waals surface area contributed by atoms with Gasteiger partial charge in [-0.3, -0.25) is 9.78 Å². The smallest absolute Gasteiger partial charge is 0.262 e. The molecule has 0 saturated carbocycles. The summed E-state index contributed by atoms with van der Waals surface area (Å²) in [5.41, 5.74) is 7.07. The largest absolute Gasteiger partial charge is 0.369 e. The zero-order valence-electron chi connectivity index (χ0n) is 11.2. The second-order valence-electron chi connectivity index (χ2n) is 5.04. The number of H-pyrrole nitrogens is 1. The number of anilines is 1. The van der Waals surface area contributed by atoms with E-state index in [1.165, 1.54) is 0 Å². The van der Waals surface area contributed by atoms with E-state index in [0.717, 1.165) is 5.56 Å². The number of nitrogens with zero attached hydrogens (tertiary/aromatic N) is 3. The van der Waals surface area contributed by atoms with Crippen LogP contribution < -0.4 is 11.3 Å². The van der Waals surface area contributed by atoms with E-state index in [4.69, 9.17) is 5.73 Å². The van der Waals surface area contributed by atoms with E-state index in [1.807, 2.05) is 29.8 Å².